The summed E-state index contributed by atoms with van der Waals surface area (Å²) >= 11 is 7.84. The first-order valence-corrected chi connectivity index (χ1v) is 6.67. The molecule has 0 radical (unpaired) electrons. The Bertz CT molecular complexity index is 528. The van der Waals surface area contributed by atoms with Gasteiger partial charge in [0.1, 0.15) is 0 Å². The summed E-state index contributed by atoms with van der Waals surface area (Å²) in [6.45, 7) is 2.08. The summed E-state index contributed by atoms with van der Waals surface area (Å²) in [5.74, 6) is 0.733. The Morgan fingerprint density at radius 3 is 2.88 bits per heavy atom. The predicted octanol–water partition coefficient (Wildman–Crippen LogP) is 4.65. The topological polar surface area (TPSA) is 12.9 Å². The molecule has 1 nitrogen and oxygen atoms in total. The summed E-state index contributed by atoms with van der Waals surface area (Å²) in [6, 6.07) is 8.01. The zero-order valence-electron chi connectivity index (χ0n) is 9.03. The minimum absolute atomic E-state index is 0.733. The van der Waals surface area contributed by atoms with Crippen molar-refractivity contribution in [3.05, 3.63) is 40.0 Å². The summed E-state index contributed by atoms with van der Waals surface area (Å²) in [7, 11) is 0. The van der Waals surface area contributed by atoms with E-state index in [0.717, 1.165) is 16.6 Å². The maximum Gasteiger partial charge on any atom is 0.0965 e. The molecule has 2 aromatic rings. The largest absolute Gasteiger partial charge is 0.246 e. The highest BCUT2D eigenvalue weighted by atomic mass is 35.5. The molecule has 1 fully saturated rings. The molecule has 0 amide bonds. The van der Waals surface area contributed by atoms with E-state index in [1.165, 1.54) is 28.3 Å². The Morgan fingerprint density at radius 1 is 1.38 bits per heavy atom. The molecule has 82 valence electrons. The van der Waals surface area contributed by atoms with E-state index in [2.05, 4.69) is 18.0 Å². The number of nitrogens with zero attached hydrogens (tertiary/aromatic N) is 1. The van der Waals surface area contributed by atoms with Crippen molar-refractivity contribution >= 4 is 22.9 Å². The van der Waals surface area contributed by atoms with Crippen LogP contribution in [-0.2, 0) is 0 Å². The predicted molar refractivity (Wildman–Crippen MR) is 69.3 cm³/mol. The number of thiazole rings is 1. The number of halogens is 1. The lowest BCUT2D eigenvalue weighted by Crippen LogP contribution is -1.78. The minimum Gasteiger partial charge on any atom is -0.246 e. The molecule has 0 atom stereocenters. The Hall–Kier alpha value is -0.860. The molecule has 1 aromatic carbocycles. The van der Waals surface area contributed by atoms with Crippen molar-refractivity contribution in [3.8, 4) is 10.4 Å². The minimum atomic E-state index is 0.733. The van der Waals surface area contributed by atoms with Gasteiger partial charge in [-0.15, -0.1) is 11.3 Å². The van der Waals surface area contributed by atoms with Gasteiger partial charge in [-0.1, -0.05) is 23.7 Å². The van der Waals surface area contributed by atoms with Crippen LogP contribution in [0.15, 0.2) is 24.3 Å². The molecule has 0 N–H and O–H groups in total. The highest BCUT2D eigenvalue weighted by Crippen LogP contribution is 2.44. The number of aromatic nitrogens is 1. The van der Waals surface area contributed by atoms with Gasteiger partial charge >= 0.3 is 0 Å². The van der Waals surface area contributed by atoms with Gasteiger partial charge in [0.15, 0.2) is 0 Å². The van der Waals surface area contributed by atoms with Crippen molar-refractivity contribution in [1.82, 2.24) is 4.98 Å². The van der Waals surface area contributed by atoms with Crippen LogP contribution < -0.4 is 0 Å². The van der Waals surface area contributed by atoms with Crippen LogP contribution >= 0.6 is 22.9 Å². The molecule has 0 aliphatic heterocycles. The third-order valence-electron chi connectivity index (χ3n) is 2.83. The molecule has 1 aliphatic carbocycles. The third kappa shape index (κ3) is 1.87. The second-order valence-corrected chi connectivity index (χ2v) is 5.72. The Morgan fingerprint density at radius 2 is 2.19 bits per heavy atom. The van der Waals surface area contributed by atoms with Crippen molar-refractivity contribution in [2.75, 3.05) is 0 Å². The SMILES string of the molecule is Cc1nc(C2CC2)sc1-c1cccc(Cl)c1. The van der Waals surface area contributed by atoms with Gasteiger partial charge in [0.05, 0.1) is 15.6 Å². The van der Waals surface area contributed by atoms with Crippen molar-refractivity contribution < 1.29 is 0 Å². The third-order valence-corrected chi connectivity index (χ3v) is 4.43. The van der Waals surface area contributed by atoms with Crippen LogP contribution in [0, 0.1) is 6.92 Å². The smallest absolute Gasteiger partial charge is 0.0965 e. The van der Waals surface area contributed by atoms with E-state index < -0.39 is 0 Å². The van der Waals surface area contributed by atoms with Gasteiger partial charge in [0.25, 0.3) is 0 Å². The lowest BCUT2D eigenvalue weighted by molar-refractivity contribution is 1.06. The van der Waals surface area contributed by atoms with Gasteiger partial charge < -0.3 is 0 Å². The van der Waals surface area contributed by atoms with E-state index in [0.29, 0.717) is 0 Å². The van der Waals surface area contributed by atoms with Crippen LogP contribution in [0.4, 0.5) is 0 Å². The highest BCUT2D eigenvalue weighted by Gasteiger charge is 2.27. The number of rotatable bonds is 2. The summed E-state index contributed by atoms with van der Waals surface area (Å²) in [5, 5.41) is 2.09. The maximum atomic E-state index is 6.01. The summed E-state index contributed by atoms with van der Waals surface area (Å²) < 4.78 is 0. The van der Waals surface area contributed by atoms with Gasteiger partial charge in [0.2, 0.25) is 0 Å². The molecule has 1 aromatic heterocycles. The molecule has 1 heterocycles. The van der Waals surface area contributed by atoms with Gasteiger partial charge in [0, 0.05) is 10.9 Å². The van der Waals surface area contributed by atoms with Crippen LogP contribution in [0.1, 0.15) is 29.5 Å². The second kappa shape index (κ2) is 3.86. The fourth-order valence-electron chi connectivity index (χ4n) is 1.82. The standard InChI is InChI=1S/C13H12ClNS/c1-8-12(10-3-2-4-11(14)7-10)16-13(15-8)9-5-6-9/h2-4,7,9H,5-6H2,1H3. The lowest BCUT2D eigenvalue weighted by atomic mass is 10.2. The van der Waals surface area contributed by atoms with Gasteiger partial charge in [-0.25, -0.2) is 4.98 Å². The lowest BCUT2D eigenvalue weighted by Gasteiger charge is -1.98. The average Bonchev–Trinajstić information content (AvgIpc) is 3.02. The van der Waals surface area contributed by atoms with Crippen molar-refractivity contribution in [2.24, 2.45) is 0 Å². The van der Waals surface area contributed by atoms with Crippen LogP contribution in [0.3, 0.4) is 0 Å². The molecule has 0 spiro atoms. The van der Waals surface area contributed by atoms with E-state index in [-0.39, 0.29) is 0 Å². The van der Waals surface area contributed by atoms with Crippen LogP contribution in [0.25, 0.3) is 10.4 Å². The van der Waals surface area contributed by atoms with Gasteiger partial charge in [-0.2, -0.15) is 0 Å². The van der Waals surface area contributed by atoms with Crippen molar-refractivity contribution in [2.45, 2.75) is 25.7 Å². The fourth-order valence-corrected chi connectivity index (χ4v) is 3.24. The first kappa shape index (κ1) is 10.3. The van der Waals surface area contributed by atoms with Crippen LogP contribution in [0.2, 0.25) is 5.02 Å². The Labute approximate surface area is 104 Å². The molecular weight excluding hydrogens is 238 g/mol. The van der Waals surface area contributed by atoms with Gasteiger partial charge in [-0.3, -0.25) is 0 Å². The second-order valence-electron chi connectivity index (χ2n) is 4.25. The van der Waals surface area contributed by atoms with Gasteiger partial charge in [-0.05, 0) is 37.5 Å². The molecule has 1 saturated carbocycles. The number of benzene rings is 1. The summed E-state index contributed by atoms with van der Waals surface area (Å²) in [4.78, 5) is 5.92. The number of hydrogen-bond donors (Lipinski definition) is 0. The molecule has 1 aliphatic rings. The Balaban J connectivity index is 2.04. The molecule has 3 rings (SSSR count). The van der Waals surface area contributed by atoms with E-state index in [1.807, 2.05) is 29.5 Å². The normalized spacial score (nSPS) is 15.4. The summed E-state index contributed by atoms with van der Waals surface area (Å²) in [6.07, 6.45) is 2.61. The number of aryl methyl sites for hydroxylation is 1. The zero-order chi connectivity index (χ0) is 11.1. The maximum absolute atomic E-state index is 6.01. The molecule has 0 saturated heterocycles. The first-order chi connectivity index (χ1) is 7.74. The van der Waals surface area contributed by atoms with E-state index in [9.17, 15) is 0 Å². The highest BCUT2D eigenvalue weighted by molar-refractivity contribution is 7.15. The van der Waals surface area contributed by atoms with E-state index in [4.69, 9.17) is 11.6 Å². The van der Waals surface area contributed by atoms with Crippen molar-refractivity contribution in [1.29, 1.82) is 0 Å². The molecular formula is C13H12ClNS. The average molecular weight is 250 g/mol. The number of hydrogen-bond acceptors (Lipinski definition) is 2. The molecule has 0 unspecified atom stereocenters. The van der Waals surface area contributed by atoms with E-state index >= 15 is 0 Å². The zero-order valence-corrected chi connectivity index (χ0v) is 10.6. The first-order valence-electron chi connectivity index (χ1n) is 5.47. The summed E-state index contributed by atoms with van der Waals surface area (Å²) in [5.41, 5.74) is 2.32. The van der Waals surface area contributed by atoms with Crippen molar-refractivity contribution in [3.63, 3.8) is 0 Å². The monoisotopic (exact) mass is 249 g/mol. The molecule has 0 bridgehead atoms. The fraction of sp³-hybridized carbons (Fsp3) is 0.308. The van der Waals surface area contributed by atoms with E-state index in [1.54, 1.807) is 0 Å². The Kier molecular flexibility index (Phi) is 2.49. The van der Waals surface area contributed by atoms with Crippen LogP contribution in [0.5, 0.6) is 0 Å². The molecule has 3 heteroatoms. The quantitative estimate of drug-likeness (QED) is 0.755. The molecule has 16 heavy (non-hydrogen) atoms. The van der Waals surface area contributed by atoms with Crippen LogP contribution in [-0.4, -0.2) is 4.98 Å².